The molecular weight excluding hydrogens is 368 g/mol. The average molecular weight is 386 g/mol. The smallest absolute Gasteiger partial charge is 0.240 e. The van der Waals surface area contributed by atoms with Gasteiger partial charge in [0.25, 0.3) is 0 Å². The molecular formula is C18H18N4O4S. The monoisotopic (exact) mass is 386 g/mol. The molecule has 0 fully saturated rings. The number of sulfonamides is 1. The van der Waals surface area contributed by atoms with Gasteiger partial charge in [-0.3, -0.25) is 14.9 Å². The minimum absolute atomic E-state index is 0.0205. The molecule has 0 unspecified atom stereocenters. The van der Waals surface area contributed by atoms with Gasteiger partial charge in [-0.15, -0.1) is 0 Å². The number of anilines is 1. The highest BCUT2D eigenvalue weighted by Gasteiger charge is 2.16. The number of benzene rings is 2. The number of nitrogens with one attached hydrogen (secondary N) is 3. The topological polar surface area (TPSA) is 121 Å². The Kier molecular flexibility index (Phi) is 5.33. The van der Waals surface area contributed by atoms with E-state index in [1.807, 2.05) is 24.3 Å². The number of imidazole rings is 1. The van der Waals surface area contributed by atoms with Crippen molar-refractivity contribution in [1.82, 2.24) is 14.7 Å². The van der Waals surface area contributed by atoms with Gasteiger partial charge in [-0.25, -0.2) is 18.1 Å². The number of hydrogen-bond donors (Lipinski definition) is 3. The fraction of sp³-hybridized carbons (Fsp3) is 0.167. The van der Waals surface area contributed by atoms with Crippen molar-refractivity contribution in [2.45, 2.75) is 18.2 Å². The second kappa shape index (κ2) is 7.68. The van der Waals surface area contributed by atoms with Gasteiger partial charge in [-0.2, -0.15) is 0 Å². The molecule has 140 valence electrons. The molecule has 27 heavy (non-hydrogen) atoms. The molecule has 1 heterocycles. The summed E-state index contributed by atoms with van der Waals surface area (Å²) in [7, 11) is -3.81. The van der Waals surface area contributed by atoms with Crippen LogP contribution in [0.3, 0.4) is 0 Å². The fourth-order valence-corrected chi connectivity index (χ4v) is 3.55. The summed E-state index contributed by atoms with van der Waals surface area (Å²) in [5.74, 6) is -0.301. The molecule has 3 N–H and O–H groups in total. The van der Waals surface area contributed by atoms with E-state index in [4.69, 9.17) is 0 Å². The Bertz CT molecular complexity index is 1070. The zero-order valence-corrected chi connectivity index (χ0v) is 15.3. The van der Waals surface area contributed by atoms with Crippen LogP contribution >= 0.6 is 0 Å². The van der Waals surface area contributed by atoms with Crippen LogP contribution < -0.4 is 10.0 Å². The highest BCUT2D eigenvalue weighted by atomic mass is 32.2. The first kappa shape index (κ1) is 18.7. The number of hydrogen-bond acceptors (Lipinski definition) is 5. The predicted molar refractivity (Wildman–Crippen MR) is 101 cm³/mol. The number of aromatic nitrogens is 2. The minimum atomic E-state index is -3.81. The summed E-state index contributed by atoms with van der Waals surface area (Å²) < 4.78 is 26.9. The number of H-pyrrole nitrogens is 1. The fourth-order valence-electron chi connectivity index (χ4n) is 2.47. The lowest BCUT2D eigenvalue weighted by atomic mass is 10.2. The average Bonchev–Trinajstić information content (AvgIpc) is 3.03. The number of Topliss-reactive ketones (excluding diaryl/α,β-unsaturated/α-hetero) is 1. The maximum atomic E-state index is 12.3. The van der Waals surface area contributed by atoms with Gasteiger partial charge in [-0.1, -0.05) is 24.3 Å². The van der Waals surface area contributed by atoms with Crippen LogP contribution in [-0.2, 0) is 14.8 Å². The predicted octanol–water partition coefficient (Wildman–Crippen LogP) is 2.07. The van der Waals surface area contributed by atoms with Gasteiger partial charge >= 0.3 is 0 Å². The molecule has 0 aliphatic heterocycles. The Labute approximate surface area is 156 Å². The van der Waals surface area contributed by atoms with Gasteiger partial charge in [0.2, 0.25) is 21.9 Å². The second-order valence-electron chi connectivity index (χ2n) is 5.88. The number of fused-ring (bicyclic) bond motifs is 1. The lowest BCUT2D eigenvalue weighted by molar-refractivity contribution is -0.116. The molecule has 1 amide bonds. The number of nitrogens with zero attached hydrogens (tertiary/aromatic N) is 1. The first-order valence-corrected chi connectivity index (χ1v) is 9.69. The van der Waals surface area contributed by atoms with Crippen LogP contribution in [0.4, 0.5) is 5.95 Å². The van der Waals surface area contributed by atoms with Gasteiger partial charge < -0.3 is 4.98 Å². The van der Waals surface area contributed by atoms with Crippen LogP contribution in [0.25, 0.3) is 11.0 Å². The molecule has 1 aromatic heterocycles. The lowest BCUT2D eigenvalue weighted by Crippen LogP contribution is -2.28. The maximum absolute atomic E-state index is 12.3. The van der Waals surface area contributed by atoms with E-state index in [0.717, 1.165) is 11.0 Å². The summed E-state index contributed by atoms with van der Waals surface area (Å²) in [6.07, 6.45) is -0.0668. The summed E-state index contributed by atoms with van der Waals surface area (Å²) in [5, 5.41) is 2.60. The Hall–Kier alpha value is -3.04. The van der Waals surface area contributed by atoms with Crippen LogP contribution in [0.5, 0.6) is 0 Å². The number of ketones is 1. The molecule has 0 radical (unpaired) electrons. The van der Waals surface area contributed by atoms with Crippen molar-refractivity contribution in [2.24, 2.45) is 0 Å². The normalized spacial score (nSPS) is 11.4. The van der Waals surface area contributed by atoms with Crippen molar-refractivity contribution in [1.29, 1.82) is 0 Å². The van der Waals surface area contributed by atoms with Gasteiger partial charge in [0.15, 0.2) is 5.78 Å². The van der Waals surface area contributed by atoms with Crippen molar-refractivity contribution in [2.75, 3.05) is 11.9 Å². The van der Waals surface area contributed by atoms with Gasteiger partial charge in [0, 0.05) is 18.5 Å². The van der Waals surface area contributed by atoms with Crippen molar-refractivity contribution in [3.63, 3.8) is 0 Å². The van der Waals surface area contributed by atoms with Crippen molar-refractivity contribution >= 4 is 38.7 Å². The molecule has 0 spiro atoms. The molecule has 8 nitrogen and oxygen atoms in total. The van der Waals surface area contributed by atoms with Crippen molar-refractivity contribution < 1.29 is 18.0 Å². The summed E-state index contributed by atoms with van der Waals surface area (Å²) in [4.78, 5) is 30.6. The van der Waals surface area contributed by atoms with Gasteiger partial charge in [0.1, 0.15) is 0 Å². The Morgan fingerprint density at radius 1 is 1.11 bits per heavy atom. The summed E-state index contributed by atoms with van der Waals surface area (Å²) in [5.41, 5.74) is 1.82. The summed E-state index contributed by atoms with van der Waals surface area (Å²) >= 11 is 0. The first-order chi connectivity index (χ1) is 12.8. The quantitative estimate of drug-likeness (QED) is 0.537. The van der Waals surface area contributed by atoms with Gasteiger partial charge in [0.05, 0.1) is 15.9 Å². The Balaban J connectivity index is 1.57. The Morgan fingerprint density at radius 2 is 1.89 bits per heavy atom. The first-order valence-electron chi connectivity index (χ1n) is 8.20. The minimum Gasteiger partial charge on any atom is -0.324 e. The third-order valence-electron chi connectivity index (χ3n) is 3.84. The molecule has 0 aliphatic carbocycles. The number of carbonyl (C=O) groups is 2. The highest BCUT2D eigenvalue weighted by Crippen LogP contribution is 2.14. The van der Waals surface area contributed by atoms with E-state index in [0.29, 0.717) is 11.5 Å². The number of aromatic amines is 1. The largest absolute Gasteiger partial charge is 0.324 e. The van der Waals surface area contributed by atoms with Crippen molar-refractivity contribution in [3.8, 4) is 0 Å². The maximum Gasteiger partial charge on any atom is 0.240 e. The zero-order chi connectivity index (χ0) is 19.4. The number of carbonyl (C=O) groups excluding carboxylic acids is 2. The summed E-state index contributed by atoms with van der Waals surface area (Å²) in [6.45, 7) is 1.28. The lowest BCUT2D eigenvalue weighted by Gasteiger charge is -2.07. The van der Waals surface area contributed by atoms with Crippen LogP contribution in [0.2, 0.25) is 0 Å². The number of amides is 1. The van der Waals surface area contributed by atoms with Crippen LogP contribution in [0.1, 0.15) is 23.7 Å². The standard InChI is InChI=1S/C18H18N4O4S/c1-12(23)13-5-4-6-14(11-13)27(25,26)19-10-9-17(24)22-18-20-15-7-2-3-8-16(15)21-18/h2-8,11,19H,9-10H2,1H3,(H2,20,21,22,24). The van der Waals surface area contributed by atoms with E-state index in [1.165, 1.54) is 25.1 Å². The molecule has 0 saturated carbocycles. The van der Waals surface area contributed by atoms with Crippen LogP contribution in [0, 0.1) is 0 Å². The molecule has 3 aromatic rings. The second-order valence-corrected chi connectivity index (χ2v) is 7.65. The third kappa shape index (κ3) is 4.57. The SMILES string of the molecule is CC(=O)c1cccc(S(=O)(=O)NCCC(=O)Nc2nc3ccccc3[nH]2)c1. The molecule has 0 aliphatic rings. The van der Waals surface area contributed by atoms with Crippen LogP contribution in [-0.4, -0.2) is 36.6 Å². The van der Waals surface area contributed by atoms with Crippen LogP contribution in [0.15, 0.2) is 53.4 Å². The molecule has 2 aromatic carbocycles. The molecule has 0 atom stereocenters. The van der Waals surface area contributed by atoms with E-state index < -0.39 is 10.0 Å². The van der Waals surface area contributed by atoms with Gasteiger partial charge in [-0.05, 0) is 31.2 Å². The zero-order valence-electron chi connectivity index (χ0n) is 14.5. The van der Waals surface area contributed by atoms with E-state index in [1.54, 1.807) is 6.07 Å². The van der Waals surface area contributed by atoms with Crippen molar-refractivity contribution in [3.05, 3.63) is 54.1 Å². The van der Waals surface area contributed by atoms with E-state index in [2.05, 4.69) is 20.0 Å². The Morgan fingerprint density at radius 3 is 2.63 bits per heavy atom. The molecule has 9 heteroatoms. The molecule has 0 saturated heterocycles. The third-order valence-corrected chi connectivity index (χ3v) is 5.30. The highest BCUT2D eigenvalue weighted by molar-refractivity contribution is 7.89. The number of para-hydroxylation sites is 2. The van der Waals surface area contributed by atoms with E-state index in [9.17, 15) is 18.0 Å². The number of rotatable bonds is 7. The molecule has 3 rings (SSSR count). The summed E-state index contributed by atoms with van der Waals surface area (Å²) in [6, 6.07) is 13.1. The van der Waals surface area contributed by atoms with E-state index in [-0.39, 0.29) is 29.6 Å². The van der Waals surface area contributed by atoms with E-state index >= 15 is 0 Å². The molecule has 0 bridgehead atoms.